The van der Waals surface area contributed by atoms with Gasteiger partial charge in [-0.25, -0.2) is 0 Å². The molecule has 0 aliphatic carbocycles. The maximum Gasteiger partial charge on any atom is 0.239 e. The first kappa shape index (κ1) is 17.0. The number of amides is 2. The van der Waals surface area contributed by atoms with Crippen molar-refractivity contribution in [2.24, 2.45) is 0 Å². The van der Waals surface area contributed by atoms with Crippen LogP contribution in [0, 0.1) is 0 Å². The predicted molar refractivity (Wildman–Crippen MR) is 93.3 cm³/mol. The molecule has 24 heavy (non-hydrogen) atoms. The Hall–Kier alpha value is -1.88. The largest absolute Gasteiger partial charge is 0.351 e. The second-order valence-electron chi connectivity index (χ2n) is 6.90. The Labute approximate surface area is 144 Å². The van der Waals surface area contributed by atoms with Crippen molar-refractivity contribution in [3.8, 4) is 0 Å². The second kappa shape index (κ2) is 8.29. The fourth-order valence-corrected chi connectivity index (χ4v) is 3.63. The molecule has 1 aromatic carbocycles. The summed E-state index contributed by atoms with van der Waals surface area (Å²) < 4.78 is 0. The van der Waals surface area contributed by atoms with Crippen LogP contribution in [0.1, 0.15) is 37.7 Å². The summed E-state index contributed by atoms with van der Waals surface area (Å²) in [5.74, 6) is 0.0996. The number of hydrogen-bond donors (Lipinski definition) is 1. The molecule has 1 atom stereocenters. The first-order chi connectivity index (χ1) is 11.7. The highest BCUT2D eigenvalue weighted by Crippen LogP contribution is 2.14. The zero-order valence-electron chi connectivity index (χ0n) is 14.2. The highest BCUT2D eigenvalue weighted by Gasteiger charge is 2.24. The van der Waals surface area contributed by atoms with E-state index in [1.165, 1.54) is 5.56 Å². The number of hydrogen-bond acceptors (Lipinski definition) is 3. The van der Waals surface area contributed by atoms with Gasteiger partial charge in [-0.1, -0.05) is 30.3 Å². The van der Waals surface area contributed by atoms with Crippen LogP contribution in [0.25, 0.3) is 0 Å². The summed E-state index contributed by atoms with van der Waals surface area (Å²) in [4.78, 5) is 28.2. The van der Waals surface area contributed by atoms with Crippen molar-refractivity contribution in [1.29, 1.82) is 0 Å². The average Bonchev–Trinajstić information content (AvgIpc) is 2.58. The zero-order valence-corrected chi connectivity index (χ0v) is 14.2. The summed E-state index contributed by atoms with van der Waals surface area (Å²) in [6.45, 7) is 3.82. The number of carbonyl (C=O) groups excluding carboxylic acids is 2. The first-order valence-electron chi connectivity index (χ1n) is 9.04. The molecule has 5 heteroatoms. The Morgan fingerprint density at radius 3 is 2.75 bits per heavy atom. The Balaban J connectivity index is 1.46. The lowest BCUT2D eigenvalue weighted by atomic mass is 10.0. The quantitative estimate of drug-likeness (QED) is 0.896. The molecule has 130 valence electrons. The molecule has 5 nitrogen and oxygen atoms in total. The maximum absolute atomic E-state index is 12.3. The number of piperidine rings is 2. The molecule has 1 N–H and O–H groups in total. The molecule has 0 radical (unpaired) electrons. The van der Waals surface area contributed by atoms with Crippen molar-refractivity contribution >= 4 is 11.8 Å². The normalized spacial score (nSPS) is 22.4. The molecule has 0 saturated carbocycles. The molecule has 2 aliphatic rings. The number of carbonyl (C=O) groups is 2. The molecule has 2 aliphatic heterocycles. The van der Waals surface area contributed by atoms with Gasteiger partial charge in [-0.15, -0.1) is 0 Å². The van der Waals surface area contributed by atoms with Crippen LogP contribution < -0.4 is 5.32 Å². The lowest BCUT2D eigenvalue weighted by molar-refractivity contribution is -0.138. The molecule has 2 amide bonds. The number of benzene rings is 1. The highest BCUT2D eigenvalue weighted by atomic mass is 16.2. The second-order valence-corrected chi connectivity index (χ2v) is 6.90. The summed E-state index contributed by atoms with van der Waals surface area (Å²) in [6, 6.07) is 10.6. The Bertz CT molecular complexity index is 561. The van der Waals surface area contributed by atoms with Crippen LogP contribution in [-0.4, -0.2) is 53.8 Å². The van der Waals surface area contributed by atoms with Gasteiger partial charge in [-0.2, -0.15) is 0 Å². The van der Waals surface area contributed by atoms with Gasteiger partial charge in [0.05, 0.1) is 6.54 Å². The minimum atomic E-state index is -0.0168. The van der Waals surface area contributed by atoms with Crippen LogP contribution in [0.5, 0.6) is 0 Å². The summed E-state index contributed by atoms with van der Waals surface area (Å²) in [5.41, 5.74) is 1.31. The predicted octanol–water partition coefficient (Wildman–Crippen LogP) is 1.78. The Morgan fingerprint density at radius 1 is 1.12 bits per heavy atom. The molecule has 2 saturated heterocycles. The molecule has 2 heterocycles. The van der Waals surface area contributed by atoms with Gasteiger partial charge in [0.2, 0.25) is 11.8 Å². The van der Waals surface area contributed by atoms with Crippen molar-refractivity contribution in [3.63, 3.8) is 0 Å². The van der Waals surface area contributed by atoms with Gasteiger partial charge in [0, 0.05) is 32.1 Å². The standard InChI is InChI=1S/C19H27N3O2/c23-18(15-22-12-5-4-10-19(22)24)20-17-9-6-11-21(14-17)13-16-7-2-1-3-8-16/h1-3,7-8,17H,4-6,9-15H2,(H,20,23). The van der Waals surface area contributed by atoms with E-state index in [0.29, 0.717) is 6.42 Å². The van der Waals surface area contributed by atoms with Crippen molar-refractivity contribution in [1.82, 2.24) is 15.1 Å². The molecule has 2 fully saturated rings. The Kier molecular flexibility index (Phi) is 5.86. The molecular formula is C19H27N3O2. The number of rotatable bonds is 5. The Morgan fingerprint density at radius 2 is 1.96 bits per heavy atom. The van der Waals surface area contributed by atoms with E-state index < -0.39 is 0 Å². The maximum atomic E-state index is 12.3. The van der Waals surface area contributed by atoms with Crippen LogP contribution in [0.2, 0.25) is 0 Å². The number of likely N-dealkylation sites (tertiary alicyclic amines) is 2. The summed E-state index contributed by atoms with van der Waals surface area (Å²) in [6.07, 6.45) is 4.66. The van der Waals surface area contributed by atoms with Crippen LogP contribution in [0.3, 0.4) is 0 Å². The number of nitrogens with one attached hydrogen (secondary N) is 1. The van der Waals surface area contributed by atoms with Gasteiger partial charge in [0.1, 0.15) is 0 Å². The first-order valence-corrected chi connectivity index (χ1v) is 9.04. The topological polar surface area (TPSA) is 52.7 Å². The van der Waals surface area contributed by atoms with Gasteiger partial charge < -0.3 is 10.2 Å². The summed E-state index contributed by atoms with van der Waals surface area (Å²) in [5, 5.41) is 3.13. The molecule has 1 aromatic rings. The zero-order chi connectivity index (χ0) is 16.8. The van der Waals surface area contributed by atoms with Gasteiger partial charge in [-0.05, 0) is 37.8 Å². The van der Waals surface area contributed by atoms with E-state index in [2.05, 4.69) is 34.5 Å². The van der Waals surface area contributed by atoms with Crippen LogP contribution >= 0.6 is 0 Å². The lowest BCUT2D eigenvalue weighted by Gasteiger charge is -2.34. The lowest BCUT2D eigenvalue weighted by Crippen LogP contribution is -2.50. The van der Waals surface area contributed by atoms with E-state index in [9.17, 15) is 9.59 Å². The van der Waals surface area contributed by atoms with E-state index in [4.69, 9.17) is 0 Å². The van der Waals surface area contributed by atoms with Crippen LogP contribution in [0.15, 0.2) is 30.3 Å². The van der Waals surface area contributed by atoms with Crippen molar-refractivity contribution in [2.45, 2.75) is 44.7 Å². The van der Waals surface area contributed by atoms with Gasteiger partial charge in [-0.3, -0.25) is 14.5 Å². The summed E-state index contributed by atoms with van der Waals surface area (Å²) >= 11 is 0. The van der Waals surface area contributed by atoms with E-state index in [-0.39, 0.29) is 24.4 Å². The van der Waals surface area contributed by atoms with E-state index >= 15 is 0 Å². The smallest absolute Gasteiger partial charge is 0.239 e. The highest BCUT2D eigenvalue weighted by molar-refractivity contribution is 5.85. The van der Waals surface area contributed by atoms with Gasteiger partial charge in [0.15, 0.2) is 0 Å². The third-order valence-corrected chi connectivity index (χ3v) is 4.88. The minimum Gasteiger partial charge on any atom is -0.351 e. The molecule has 1 unspecified atom stereocenters. The average molecular weight is 329 g/mol. The molecule has 0 aromatic heterocycles. The molecule has 0 bridgehead atoms. The van der Waals surface area contributed by atoms with Crippen molar-refractivity contribution in [3.05, 3.63) is 35.9 Å². The van der Waals surface area contributed by atoms with Crippen LogP contribution in [-0.2, 0) is 16.1 Å². The molecule has 0 spiro atoms. The monoisotopic (exact) mass is 329 g/mol. The third-order valence-electron chi connectivity index (χ3n) is 4.88. The van der Waals surface area contributed by atoms with E-state index in [1.807, 2.05) is 6.07 Å². The van der Waals surface area contributed by atoms with E-state index in [1.54, 1.807) is 4.90 Å². The van der Waals surface area contributed by atoms with E-state index in [0.717, 1.165) is 51.9 Å². The fourth-order valence-electron chi connectivity index (χ4n) is 3.63. The third kappa shape index (κ3) is 4.81. The SMILES string of the molecule is O=C(CN1CCCCC1=O)NC1CCCN(Cc2ccccc2)C1. The van der Waals surface area contributed by atoms with Gasteiger partial charge in [0.25, 0.3) is 0 Å². The minimum absolute atomic E-state index is 0.0168. The van der Waals surface area contributed by atoms with Crippen molar-refractivity contribution in [2.75, 3.05) is 26.2 Å². The van der Waals surface area contributed by atoms with Crippen LogP contribution in [0.4, 0.5) is 0 Å². The molecule has 3 rings (SSSR count). The summed E-state index contributed by atoms with van der Waals surface area (Å²) in [7, 11) is 0. The molecular weight excluding hydrogens is 302 g/mol. The number of nitrogens with zero attached hydrogens (tertiary/aromatic N) is 2. The fraction of sp³-hybridized carbons (Fsp3) is 0.579. The van der Waals surface area contributed by atoms with Crippen molar-refractivity contribution < 1.29 is 9.59 Å². The van der Waals surface area contributed by atoms with Gasteiger partial charge >= 0.3 is 0 Å².